The molecule has 8 heteroatoms. The van der Waals surface area contributed by atoms with E-state index in [-0.39, 0.29) is 12.0 Å². The molecule has 148 valence electrons. The molecule has 0 unspecified atom stereocenters. The lowest BCUT2D eigenvalue weighted by Gasteiger charge is -2.38. The Bertz CT molecular complexity index is 1120. The van der Waals surface area contributed by atoms with Gasteiger partial charge in [0.25, 0.3) is 5.91 Å². The summed E-state index contributed by atoms with van der Waals surface area (Å²) in [7, 11) is 1.79. The number of rotatable bonds is 3. The van der Waals surface area contributed by atoms with Crippen LogP contribution in [-0.4, -0.2) is 46.0 Å². The number of nitrogens with zero attached hydrogens (tertiary/aromatic N) is 5. The molecule has 1 amide bonds. The maximum absolute atomic E-state index is 12.9. The first-order chi connectivity index (χ1) is 14.0. The number of carbonyl (C=O) groups excluding carboxylic acids is 1. The highest BCUT2D eigenvalue weighted by Gasteiger charge is 2.32. The van der Waals surface area contributed by atoms with Gasteiger partial charge in [0, 0.05) is 36.9 Å². The summed E-state index contributed by atoms with van der Waals surface area (Å²) in [5.41, 5.74) is 2.97. The van der Waals surface area contributed by atoms with Gasteiger partial charge in [-0.15, -0.1) is 0 Å². The van der Waals surface area contributed by atoms with E-state index in [0.717, 1.165) is 16.8 Å². The van der Waals surface area contributed by atoms with Crippen LogP contribution in [0.1, 0.15) is 18.2 Å². The molecule has 1 fully saturated rings. The topological polar surface area (TPSA) is 96.1 Å². The van der Waals surface area contributed by atoms with Crippen molar-refractivity contribution in [1.82, 2.24) is 14.8 Å². The first kappa shape index (κ1) is 18.9. The predicted molar refractivity (Wildman–Crippen MR) is 110 cm³/mol. The van der Waals surface area contributed by atoms with Gasteiger partial charge in [-0.25, -0.2) is 0 Å². The van der Waals surface area contributed by atoms with Crippen LogP contribution in [0, 0.1) is 18.3 Å². The first-order valence-corrected chi connectivity index (χ1v) is 9.46. The minimum Gasteiger partial charge on any atom is -0.365 e. The van der Waals surface area contributed by atoms with Crippen molar-refractivity contribution in [3.05, 3.63) is 47.8 Å². The highest BCUT2D eigenvalue weighted by atomic mass is 16.5. The van der Waals surface area contributed by atoms with Crippen LogP contribution in [0.3, 0.4) is 0 Å². The Labute approximate surface area is 168 Å². The van der Waals surface area contributed by atoms with E-state index >= 15 is 0 Å². The van der Waals surface area contributed by atoms with E-state index < -0.39 is 6.10 Å². The molecule has 1 N–H and O–H groups in total. The minimum absolute atomic E-state index is 0.130. The van der Waals surface area contributed by atoms with Crippen molar-refractivity contribution in [3.63, 3.8) is 0 Å². The molecule has 0 aliphatic carbocycles. The molecular weight excluding hydrogens is 368 g/mol. The highest BCUT2D eigenvalue weighted by Crippen LogP contribution is 2.30. The monoisotopic (exact) mass is 390 g/mol. The molecule has 29 heavy (non-hydrogen) atoms. The molecule has 0 spiro atoms. The van der Waals surface area contributed by atoms with Gasteiger partial charge in [0.15, 0.2) is 6.10 Å². The van der Waals surface area contributed by atoms with Gasteiger partial charge < -0.3 is 15.0 Å². The van der Waals surface area contributed by atoms with Crippen molar-refractivity contribution in [2.45, 2.75) is 26.1 Å². The molecule has 1 saturated heterocycles. The predicted octanol–water partition coefficient (Wildman–Crippen LogP) is 2.38. The summed E-state index contributed by atoms with van der Waals surface area (Å²) in [6, 6.07) is 11.5. The molecule has 4 rings (SSSR count). The van der Waals surface area contributed by atoms with E-state index in [1.54, 1.807) is 24.0 Å². The van der Waals surface area contributed by atoms with Gasteiger partial charge >= 0.3 is 0 Å². The lowest BCUT2D eigenvalue weighted by atomic mass is 10.1. The number of aryl methyl sites for hydroxylation is 2. The number of aromatic nitrogens is 3. The molecule has 8 nitrogen and oxygen atoms in total. The van der Waals surface area contributed by atoms with E-state index in [2.05, 4.69) is 26.4 Å². The van der Waals surface area contributed by atoms with Crippen LogP contribution in [0.15, 0.2) is 36.5 Å². The summed E-state index contributed by atoms with van der Waals surface area (Å²) < 4.78 is 7.56. The average Bonchev–Trinajstić information content (AvgIpc) is 3.03. The first-order valence-electron chi connectivity index (χ1n) is 9.46. The fourth-order valence-corrected chi connectivity index (χ4v) is 3.75. The van der Waals surface area contributed by atoms with Gasteiger partial charge in [-0.1, -0.05) is 0 Å². The Hall–Kier alpha value is -3.44. The Morgan fingerprint density at radius 2 is 2.17 bits per heavy atom. The number of benzene rings is 1. The van der Waals surface area contributed by atoms with Crippen molar-refractivity contribution in [2.75, 3.05) is 23.3 Å². The van der Waals surface area contributed by atoms with E-state index in [0.29, 0.717) is 30.0 Å². The smallest absolute Gasteiger partial charge is 0.256 e. The van der Waals surface area contributed by atoms with Crippen LogP contribution in [-0.2, 0) is 16.6 Å². The summed E-state index contributed by atoms with van der Waals surface area (Å²) in [6.45, 7) is 4.87. The van der Waals surface area contributed by atoms with Gasteiger partial charge in [-0.3, -0.25) is 14.5 Å². The van der Waals surface area contributed by atoms with Crippen molar-refractivity contribution >= 4 is 28.3 Å². The Morgan fingerprint density at radius 1 is 1.34 bits per heavy atom. The van der Waals surface area contributed by atoms with Gasteiger partial charge in [0.2, 0.25) is 0 Å². The summed E-state index contributed by atoms with van der Waals surface area (Å²) in [5, 5.41) is 17.4. The highest BCUT2D eigenvalue weighted by molar-refractivity contribution is 5.97. The van der Waals surface area contributed by atoms with Gasteiger partial charge in [0.1, 0.15) is 11.9 Å². The normalized spacial score (nSPS) is 19.2. The maximum Gasteiger partial charge on any atom is 0.256 e. The number of carbonyl (C=O) groups is 1. The summed E-state index contributed by atoms with van der Waals surface area (Å²) in [5.74, 6) is 0.425. The van der Waals surface area contributed by atoms with Crippen LogP contribution in [0.25, 0.3) is 10.9 Å². The van der Waals surface area contributed by atoms with Gasteiger partial charge in [-0.2, -0.15) is 10.4 Å². The van der Waals surface area contributed by atoms with Crippen molar-refractivity contribution in [3.8, 4) is 6.07 Å². The number of nitriles is 1. The molecule has 1 aliphatic rings. The second-order valence-electron chi connectivity index (χ2n) is 7.27. The summed E-state index contributed by atoms with van der Waals surface area (Å²) in [4.78, 5) is 19.4. The number of anilines is 2. The third kappa shape index (κ3) is 3.65. The van der Waals surface area contributed by atoms with Gasteiger partial charge in [-0.05, 0) is 38.1 Å². The zero-order valence-electron chi connectivity index (χ0n) is 16.6. The summed E-state index contributed by atoms with van der Waals surface area (Å²) >= 11 is 0. The van der Waals surface area contributed by atoms with Crippen molar-refractivity contribution in [2.24, 2.45) is 7.05 Å². The Kier molecular flexibility index (Phi) is 4.91. The number of pyridine rings is 1. The third-order valence-corrected chi connectivity index (χ3v) is 5.01. The quantitative estimate of drug-likeness (QED) is 0.738. The molecule has 3 aromatic rings. The number of amides is 1. The summed E-state index contributed by atoms with van der Waals surface area (Å²) in [6.07, 6.45) is 0.924. The SMILES string of the molecule is Cc1cc(NC(=O)[C@H]2CN(c3ccc(C#N)c4ncccc34)C[C@@H](C)O2)n(C)n1. The Morgan fingerprint density at radius 3 is 2.90 bits per heavy atom. The van der Waals surface area contributed by atoms with Crippen LogP contribution in [0.4, 0.5) is 11.5 Å². The molecule has 3 heterocycles. The number of nitrogens with one attached hydrogen (secondary N) is 1. The second kappa shape index (κ2) is 7.53. The number of fused-ring (bicyclic) bond motifs is 1. The van der Waals surface area contributed by atoms with Crippen LogP contribution in [0.5, 0.6) is 0 Å². The largest absolute Gasteiger partial charge is 0.365 e. The average molecular weight is 390 g/mol. The lowest BCUT2D eigenvalue weighted by molar-refractivity contribution is -0.131. The van der Waals surface area contributed by atoms with Crippen LogP contribution < -0.4 is 10.2 Å². The van der Waals surface area contributed by atoms with E-state index in [4.69, 9.17) is 4.74 Å². The molecule has 0 bridgehead atoms. The van der Waals surface area contributed by atoms with Crippen LogP contribution >= 0.6 is 0 Å². The van der Waals surface area contributed by atoms with Crippen molar-refractivity contribution in [1.29, 1.82) is 5.26 Å². The molecule has 2 aromatic heterocycles. The van der Waals surface area contributed by atoms with Gasteiger partial charge in [0.05, 0.1) is 29.4 Å². The second-order valence-corrected chi connectivity index (χ2v) is 7.27. The molecule has 1 aromatic carbocycles. The molecule has 0 saturated carbocycles. The number of hydrogen-bond acceptors (Lipinski definition) is 6. The zero-order valence-corrected chi connectivity index (χ0v) is 16.6. The number of hydrogen-bond donors (Lipinski definition) is 1. The van der Waals surface area contributed by atoms with E-state index in [1.165, 1.54) is 0 Å². The fourth-order valence-electron chi connectivity index (χ4n) is 3.75. The molecule has 0 radical (unpaired) electrons. The van der Waals surface area contributed by atoms with Crippen LogP contribution in [0.2, 0.25) is 0 Å². The van der Waals surface area contributed by atoms with E-state index in [1.807, 2.05) is 38.1 Å². The number of ether oxygens (including phenoxy) is 1. The fraction of sp³-hybridized carbons (Fsp3) is 0.333. The molecule has 2 atom stereocenters. The minimum atomic E-state index is -0.628. The zero-order chi connectivity index (χ0) is 20.5. The molecular formula is C21H22N6O2. The lowest BCUT2D eigenvalue weighted by Crippen LogP contribution is -2.51. The standard InChI is InChI=1S/C21H22N6O2/c1-13-9-19(26(3)25-13)24-21(28)18-12-27(11-14(2)29-18)17-7-6-15(10-22)20-16(17)5-4-8-23-20/h4-9,14,18H,11-12H2,1-3H3,(H,24,28)/t14-,18-/m1/s1. The Balaban J connectivity index is 1.61. The maximum atomic E-state index is 12.9. The third-order valence-electron chi connectivity index (χ3n) is 5.01. The number of morpholine rings is 1. The van der Waals surface area contributed by atoms with Crippen molar-refractivity contribution < 1.29 is 9.53 Å². The van der Waals surface area contributed by atoms with E-state index in [9.17, 15) is 10.1 Å². The molecule has 1 aliphatic heterocycles.